The normalized spacial score (nSPS) is 27.3. The van der Waals surface area contributed by atoms with Crippen molar-refractivity contribution in [3.63, 3.8) is 0 Å². The predicted molar refractivity (Wildman–Crippen MR) is 105 cm³/mol. The smallest absolute Gasteiger partial charge is 0.237 e. The number of fused-ring (bicyclic) bond motifs is 2. The molecule has 1 amide bonds. The van der Waals surface area contributed by atoms with Gasteiger partial charge in [0.2, 0.25) is 5.91 Å². The van der Waals surface area contributed by atoms with Gasteiger partial charge in [-0.2, -0.15) is 0 Å². The fraction of sp³-hybridized carbons (Fsp3) is 0.682. The Morgan fingerprint density at radius 2 is 1.93 bits per heavy atom. The van der Waals surface area contributed by atoms with Gasteiger partial charge in [0.15, 0.2) is 11.5 Å². The first-order valence-corrected chi connectivity index (χ1v) is 10.6. The van der Waals surface area contributed by atoms with Crippen molar-refractivity contribution in [1.29, 1.82) is 0 Å². The van der Waals surface area contributed by atoms with Crippen LogP contribution in [0.5, 0.6) is 11.5 Å². The van der Waals surface area contributed by atoms with Gasteiger partial charge >= 0.3 is 0 Å². The van der Waals surface area contributed by atoms with Crippen LogP contribution < -0.4 is 9.47 Å². The Bertz CT molecular complexity index is 648. The number of benzene rings is 1. The molecule has 0 aromatic heterocycles. The van der Waals surface area contributed by atoms with Crippen LogP contribution in [0.2, 0.25) is 0 Å². The molecule has 1 saturated heterocycles. The van der Waals surface area contributed by atoms with Crippen LogP contribution in [0.3, 0.4) is 0 Å². The standard InChI is InChI=1S/C22H32N2O3/c1-2-23(14-18-16-26-20-11-5-6-12-21(20)27-18)15-22(25)24-13-7-9-17-8-3-4-10-19(17)24/h5-6,11-12,17-19H,2-4,7-10,13-16H2,1H3. The number of para-hydroxylation sites is 2. The zero-order chi connectivity index (χ0) is 18.6. The molecule has 1 saturated carbocycles. The van der Waals surface area contributed by atoms with Gasteiger partial charge in [-0.05, 0) is 50.3 Å². The predicted octanol–water partition coefficient (Wildman–Crippen LogP) is 3.33. The summed E-state index contributed by atoms with van der Waals surface area (Å²) >= 11 is 0. The van der Waals surface area contributed by atoms with E-state index in [4.69, 9.17) is 9.47 Å². The first-order valence-electron chi connectivity index (χ1n) is 10.6. The summed E-state index contributed by atoms with van der Waals surface area (Å²) < 4.78 is 11.9. The maximum absolute atomic E-state index is 13.1. The minimum absolute atomic E-state index is 0.0311. The Balaban J connectivity index is 1.34. The van der Waals surface area contributed by atoms with Crippen LogP contribution in [0.1, 0.15) is 45.4 Å². The molecule has 0 radical (unpaired) electrons. The number of piperidine rings is 1. The molecule has 5 nitrogen and oxygen atoms in total. The van der Waals surface area contributed by atoms with Gasteiger partial charge in [-0.3, -0.25) is 9.69 Å². The minimum Gasteiger partial charge on any atom is -0.486 e. The molecule has 3 unspecified atom stereocenters. The summed E-state index contributed by atoms with van der Waals surface area (Å²) in [6.45, 7) is 5.64. The third-order valence-corrected chi connectivity index (χ3v) is 6.40. The number of nitrogens with zero attached hydrogens (tertiary/aromatic N) is 2. The van der Waals surface area contributed by atoms with E-state index in [2.05, 4.69) is 16.7 Å². The summed E-state index contributed by atoms with van der Waals surface area (Å²) in [6, 6.07) is 8.28. The van der Waals surface area contributed by atoms with Crippen molar-refractivity contribution in [2.45, 2.75) is 57.6 Å². The molecule has 1 aromatic rings. The number of ether oxygens (including phenoxy) is 2. The van der Waals surface area contributed by atoms with Gasteiger partial charge in [0.25, 0.3) is 0 Å². The molecule has 2 heterocycles. The van der Waals surface area contributed by atoms with E-state index in [0.29, 0.717) is 25.1 Å². The molecule has 1 aliphatic carbocycles. The zero-order valence-corrected chi connectivity index (χ0v) is 16.4. The number of amides is 1. The topological polar surface area (TPSA) is 42.0 Å². The fourth-order valence-corrected chi connectivity index (χ4v) is 4.96. The van der Waals surface area contributed by atoms with E-state index in [0.717, 1.165) is 43.5 Å². The Labute approximate surface area is 162 Å². The molecule has 0 bridgehead atoms. The first-order chi connectivity index (χ1) is 13.2. The lowest BCUT2D eigenvalue weighted by atomic mass is 9.78. The summed E-state index contributed by atoms with van der Waals surface area (Å²) in [6.07, 6.45) is 7.54. The van der Waals surface area contributed by atoms with Crippen LogP contribution in [0.4, 0.5) is 0 Å². The third kappa shape index (κ3) is 4.23. The number of rotatable bonds is 5. The third-order valence-electron chi connectivity index (χ3n) is 6.40. The van der Waals surface area contributed by atoms with E-state index in [9.17, 15) is 4.79 Å². The molecule has 148 valence electrons. The van der Waals surface area contributed by atoms with Crippen LogP contribution in [0.15, 0.2) is 24.3 Å². The summed E-state index contributed by atoms with van der Waals surface area (Å²) in [5, 5.41) is 0. The van der Waals surface area contributed by atoms with Crippen LogP contribution in [-0.4, -0.2) is 60.6 Å². The van der Waals surface area contributed by atoms with E-state index >= 15 is 0 Å². The Kier molecular flexibility index (Phi) is 5.86. The second-order valence-electron chi connectivity index (χ2n) is 8.17. The van der Waals surface area contributed by atoms with Crippen molar-refractivity contribution in [1.82, 2.24) is 9.80 Å². The number of likely N-dealkylation sites (tertiary alicyclic amines) is 1. The van der Waals surface area contributed by atoms with Crippen molar-refractivity contribution in [2.24, 2.45) is 5.92 Å². The maximum Gasteiger partial charge on any atom is 0.237 e. The Morgan fingerprint density at radius 3 is 2.78 bits per heavy atom. The Hall–Kier alpha value is -1.75. The SMILES string of the molecule is CCN(CC(=O)N1CCCC2CCCCC21)CC1COc2ccccc2O1. The average Bonchev–Trinajstić information content (AvgIpc) is 2.72. The molecule has 2 fully saturated rings. The molecule has 3 aliphatic rings. The molecule has 2 aliphatic heterocycles. The van der Waals surface area contributed by atoms with Crippen molar-refractivity contribution in [3.8, 4) is 11.5 Å². The van der Waals surface area contributed by atoms with E-state index in [1.54, 1.807) is 0 Å². The quantitative estimate of drug-likeness (QED) is 0.795. The highest BCUT2D eigenvalue weighted by atomic mass is 16.6. The van der Waals surface area contributed by atoms with Crippen molar-refractivity contribution in [2.75, 3.05) is 32.8 Å². The van der Waals surface area contributed by atoms with E-state index in [1.807, 2.05) is 24.3 Å². The highest BCUT2D eigenvalue weighted by Gasteiger charge is 2.36. The van der Waals surface area contributed by atoms with Crippen molar-refractivity contribution in [3.05, 3.63) is 24.3 Å². The lowest BCUT2D eigenvalue weighted by Gasteiger charge is -2.44. The molecular formula is C22H32N2O3. The van der Waals surface area contributed by atoms with E-state index in [1.165, 1.54) is 32.1 Å². The maximum atomic E-state index is 13.1. The van der Waals surface area contributed by atoms with E-state index < -0.39 is 0 Å². The molecule has 0 spiro atoms. The van der Waals surface area contributed by atoms with Gasteiger partial charge in [-0.1, -0.05) is 31.9 Å². The molecule has 1 aromatic carbocycles. The molecule has 4 rings (SSSR count). The second kappa shape index (κ2) is 8.51. The molecular weight excluding hydrogens is 340 g/mol. The monoisotopic (exact) mass is 372 g/mol. The Morgan fingerprint density at radius 1 is 1.15 bits per heavy atom. The number of carbonyl (C=O) groups excluding carboxylic acids is 1. The summed E-state index contributed by atoms with van der Waals surface area (Å²) in [5.74, 6) is 2.64. The number of likely N-dealkylation sites (N-methyl/N-ethyl adjacent to an activating group) is 1. The lowest BCUT2D eigenvalue weighted by Crippen LogP contribution is -2.53. The second-order valence-corrected chi connectivity index (χ2v) is 8.17. The molecule has 0 N–H and O–H groups in total. The summed E-state index contributed by atoms with van der Waals surface area (Å²) in [7, 11) is 0. The number of hydrogen-bond acceptors (Lipinski definition) is 4. The van der Waals surface area contributed by atoms with Gasteiger partial charge in [0.1, 0.15) is 12.7 Å². The molecule has 27 heavy (non-hydrogen) atoms. The average molecular weight is 373 g/mol. The zero-order valence-electron chi connectivity index (χ0n) is 16.4. The first kappa shape index (κ1) is 18.6. The van der Waals surface area contributed by atoms with Crippen LogP contribution in [-0.2, 0) is 4.79 Å². The van der Waals surface area contributed by atoms with Crippen molar-refractivity contribution >= 4 is 5.91 Å². The lowest BCUT2D eigenvalue weighted by molar-refractivity contribution is -0.139. The van der Waals surface area contributed by atoms with Crippen LogP contribution >= 0.6 is 0 Å². The van der Waals surface area contributed by atoms with Gasteiger partial charge in [0.05, 0.1) is 6.54 Å². The van der Waals surface area contributed by atoms with Crippen molar-refractivity contribution < 1.29 is 14.3 Å². The number of carbonyl (C=O) groups is 1. The highest BCUT2D eigenvalue weighted by molar-refractivity contribution is 5.78. The van der Waals surface area contributed by atoms with Gasteiger partial charge in [-0.25, -0.2) is 0 Å². The van der Waals surface area contributed by atoms with Crippen LogP contribution in [0.25, 0.3) is 0 Å². The van der Waals surface area contributed by atoms with E-state index in [-0.39, 0.29) is 6.10 Å². The summed E-state index contributed by atoms with van der Waals surface area (Å²) in [5.41, 5.74) is 0. The van der Waals surface area contributed by atoms with Gasteiger partial charge in [-0.15, -0.1) is 0 Å². The van der Waals surface area contributed by atoms with Gasteiger partial charge in [0, 0.05) is 19.1 Å². The fourth-order valence-electron chi connectivity index (χ4n) is 4.96. The molecule has 5 heteroatoms. The minimum atomic E-state index is -0.0311. The van der Waals surface area contributed by atoms with Gasteiger partial charge < -0.3 is 14.4 Å². The highest BCUT2D eigenvalue weighted by Crippen LogP contribution is 2.35. The number of hydrogen-bond donors (Lipinski definition) is 0. The molecule has 3 atom stereocenters. The summed E-state index contributed by atoms with van der Waals surface area (Å²) in [4.78, 5) is 17.5. The van der Waals surface area contributed by atoms with Crippen LogP contribution in [0, 0.1) is 5.92 Å². The largest absolute Gasteiger partial charge is 0.486 e.